The van der Waals surface area contributed by atoms with Gasteiger partial charge in [0.2, 0.25) is 0 Å². The van der Waals surface area contributed by atoms with Gasteiger partial charge in [-0.15, -0.1) is 0 Å². The molecule has 4 nitrogen and oxygen atoms in total. The zero-order valence-electron chi connectivity index (χ0n) is 7.54. The lowest BCUT2D eigenvalue weighted by Gasteiger charge is -2.19. The molecule has 1 N–H and O–H groups in total. The van der Waals surface area contributed by atoms with Crippen molar-refractivity contribution in [1.82, 2.24) is 4.90 Å². The van der Waals surface area contributed by atoms with Gasteiger partial charge in [0.25, 0.3) is 0 Å². The fourth-order valence-electron chi connectivity index (χ4n) is 1.38. The molecule has 4 heteroatoms. The molecule has 70 valence electrons. The number of ether oxygens (including phenoxy) is 1. The number of cyclic esters (lactones) is 1. The zero-order chi connectivity index (χ0) is 9.19. The maximum absolute atomic E-state index is 11.1. The van der Waals surface area contributed by atoms with E-state index in [2.05, 4.69) is 0 Å². The number of hydrogen-bond acceptors (Lipinski definition) is 3. The number of carbonyl (C=O) groups excluding carboxylic acids is 1. The monoisotopic (exact) mass is 173 g/mol. The van der Waals surface area contributed by atoms with Gasteiger partial charge < -0.3 is 14.7 Å². The third kappa shape index (κ3) is 1.69. The van der Waals surface area contributed by atoms with Crippen molar-refractivity contribution in [2.24, 2.45) is 0 Å². The Morgan fingerprint density at radius 1 is 1.75 bits per heavy atom. The van der Waals surface area contributed by atoms with Crippen LogP contribution in [0.25, 0.3) is 0 Å². The summed E-state index contributed by atoms with van der Waals surface area (Å²) in [7, 11) is 0. The molecule has 0 spiro atoms. The van der Waals surface area contributed by atoms with E-state index >= 15 is 0 Å². The molecule has 1 saturated heterocycles. The van der Waals surface area contributed by atoms with Gasteiger partial charge in [-0.05, 0) is 13.8 Å². The second kappa shape index (κ2) is 3.31. The van der Waals surface area contributed by atoms with Gasteiger partial charge in [-0.1, -0.05) is 0 Å². The molecule has 12 heavy (non-hydrogen) atoms. The summed E-state index contributed by atoms with van der Waals surface area (Å²) in [4.78, 5) is 12.8. The number of carbonyl (C=O) groups is 1. The standard InChI is InChI=1S/C8H15NO3/c1-3-9-6-8(2,4-5-10)12-7(9)11/h10H,3-6H2,1-2H3. The maximum Gasteiger partial charge on any atom is 0.410 e. The largest absolute Gasteiger partial charge is 0.441 e. The molecule has 0 bridgehead atoms. The molecule has 0 aromatic rings. The van der Waals surface area contributed by atoms with Gasteiger partial charge in [0, 0.05) is 19.6 Å². The summed E-state index contributed by atoms with van der Waals surface area (Å²) in [6.07, 6.45) is 0.239. The molecule has 1 amide bonds. The second-order valence-corrected chi connectivity index (χ2v) is 3.31. The van der Waals surface area contributed by atoms with E-state index < -0.39 is 5.60 Å². The van der Waals surface area contributed by atoms with Crippen molar-refractivity contribution in [2.75, 3.05) is 19.7 Å². The molecule has 0 saturated carbocycles. The van der Waals surface area contributed by atoms with Crippen LogP contribution in [0.5, 0.6) is 0 Å². The Morgan fingerprint density at radius 2 is 2.42 bits per heavy atom. The molecule has 0 aromatic heterocycles. The Labute approximate surface area is 72.1 Å². The highest BCUT2D eigenvalue weighted by molar-refractivity contribution is 5.70. The van der Waals surface area contributed by atoms with E-state index in [9.17, 15) is 4.79 Å². The van der Waals surface area contributed by atoms with Crippen molar-refractivity contribution < 1.29 is 14.6 Å². The van der Waals surface area contributed by atoms with Gasteiger partial charge in [0.15, 0.2) is 0 Å². The predicted molar refractivity (Wildman–Crippen MR) is 43.8 cm³/mol. The van der Waals surface area contributed by atoms with Crippen LogP contribution < -0.4 is 0 Å². The molecule has 1 aliphatic rings. The highest BCUT2D eigenvalue weighted by Gasteiger charge is 2.39. The van der Waals surface area contributed by atoms with E-state index in [-0.39, 0.29) is 12.7 Å². The average molecular weight is 173 g/mol. The number of nitrogens with zero attached hydrogens (tertiary/aromatic N) is 1. The number of hydrogen-bond donors (Lipinski definition) is 1. The van der Waals surface area contributed by atoms with Gasteiger partial charge in [-0.3, -0.25) is 0 Å². The molecule has 1 fully saturated rings. The smallest absolute Gasteiger partial charge is 0.410 e. The first-order chi connectivity index (χ1) is 5.61. The maximum atomic E-state index is 11.1. The molecular weight excluding hydrogens is 158 g/mol. The van der Waals surface area contributed by atoms with Crippen LogP contribution in [-0.2, 0) is 4.74 Å². The molecule has 1 unspecified atom stereocenters. The SMILES string of the molecule is CCN1CC(C)(CCO)OC1=O. The summed E-state index contributed by atoms with van der Waals surface area (Å²) in [5.41, 5.74) is -0.484. The van der Waals surface area contributed by atoms with Crippen LogP contribution in [0.2, 0.25) is 0 Å². The van der Waals surface area contributed by atoms with Crippen LogP contribution in [-0.4, -0.2) is 41.4 Å². The fraction of sp³-hybridized carbons (Fsp3) is 0.875. The summed E-state index contributed by atoms with van der Waals surface area (Å²) in [5.74, 6) is 0. The molecule has 1 heterocycles. The number of likely N-dealkylation sites (N-methyl/N-ethyl adjacent to an activating group) is 1. The highest BCUT2D eigenvalue weighted by Crippen LogP contribution is 2.24. The Kier molecular flexibility index (Phi) is 2.57. The molecule has 1 atom stereocenters. The van der Waals surface area contributed by atoms with Crippen LogP contribution in [0.3, 0.4) is 0 Å². The minimum atomic E-state index is -0.484. The second-order valence-electron chi connectivity index (χ2n) is 3.31. The molecular formula is C8H15NO3. The Bertz CT molecular complexity index is 183. The first-order valence-electron chi connectivity index (χ1n) is 4.20. The fourth-order valence-corrected chi connectivity index (χ4v) is 1.38. The molecule has 1 rings (SSSR count). The van der Waals surface area contributed by atoms with E-state index in [0.29, 0.717) is 19.5 Å². The van der Waals surface area contributed by atoms with Gasteiger partial charge in [-0.2, -0.15) is 0 Å². The first-order valence-corrected chi connectivity index (χ1v) is 4.20. The van der Waals surface area contributed by atoms with Crippen molar-refractivity contribution in [1.29, 1.82) is 0 Å². The first kappa shape index (κ1) is 9.32. The number of aliphatic hydroxyl groups excluding tert-OH is 1. The van der Waals surface area contributed by atoms with Crippen molar-refractivity contribution in [3.63, 3.8) is 0 Å². The normalized spacial score (nSPS) is 29.2. The minimum Gasteiger partial charge on any atom is -0.441 e. The molecule has 0 aliphatic carbocycles. The van der Waals surface area contributed by atoms with Crippen LogP contribution in [0.15, 0.2) is 0 Å². The number of amides is 1. The topological polar surface area (TPSA) is 49.8 Å². The van der Waals surface area contributed by atoms with Gasteiger partial charge >= 0.3 is 6.09 Å². The summed E-state index contributed by atoms with van der Waals surface area (Å²) in [5, 5.41) is 8.73. The van der Waals surface area contributed by atoms with E-state index in [4.69, 9.17) is 9.84 Å². The highest BCUT2D eigenvalue weighted by atomic mass is 16.6. The van der Waals surface area contributed by atoms with Crippen molar-refractivity contribution in [3.05, 3.63) is 0 Å². The van der Waals surface area contributed by atoms with Crippen molar-refractivity contribution >= 4 is 6.09 Å². The summed E-state index contributed by atoms with van der Waals surface area (Å²) in [6, 6.07) is 0. The quantitative estimate of drug-likeness (QED) is 0.680. The van der Waals surface area contributed by atoms with E-state index in [1.807, 2.05) is 13.8 Å². The van der Waals surface area contributed by atoms with Crippen LogP contribution in [0, 0.1) is 0 Å². The van der Waals surface area contributed by atoms with E-state index in [1.54, 1.807) is 4.90 Å². The third-order valence-corrected chi connectivity index (χ3v) is 2.14. The molecule has 1 aliphatic heterocycles. The van der Waals surface area contributed by atoms with Crippen molar-refractivity contribution in [2.45, 2.75) is 25.9 Å². The minimum absolute atomic E-state index is 0.0569. The lowest BCUT2D eigenvalue weighted by Crippen LogP contribution is -2.32. The molecule has 0 radical (unpaired) electrons. The number of rotatable bonds is 3. The Hall–Kier alpha value is -0.770. The molecule has 0 aromatic carbocycles. The summed E-state index contributed by atoms with van der Waals surface area (Å²) < 4.78 is 5.12. The van der Waals surface area contributed by atoms with E-state index in [1.165, 1.54) is 0 Å². The average Bonchev–Trinajstić information content (AvgIpc) is 2.27. The Morgan fingerprint density at radius 3 is 2.83 bits per heavy atom. The van der Waals surface area contributed by atoms with Crippen LogP contribution >= 0.6 is 0 Å². The summed E-state index contributed by atoms with van der Waals surface area (Å²) in [6.45, 7) is 5.06. The number of aliphatic hydroxyl groups is 1. The van der Waals surface area contributed by atoms with Gasteiger partial charge in [0.1, 0.15) is 5.60 Å². The van der Waals surface area contributed by atoms with Crippen molar-refractivity contribution in [3.8, 4) is 0 Å². The third-order valence-electron chi connectivity index (χ3n) is 2.14. The van der Waals surface area contributed by atoms with Crippen LogP contribution in [0.1, 0.15) is 20.3 Å². The van der Waals surface area contributed by atoms with Gasteiger partial charge in [0.05, 0.1) is 6.54 Å². The predicted octanol–water partition coefficient (Wildman–Crippen LogP) is 0.600. The van der Waals surface area contributed by atoms with Gasteiger partial charge in [-0.25, -0.2) is 4.79 Å². The lowest BCUT2D eigenvalue weighted by molar-refractivity contribution is 0.0502. The Balaban J connectivity index is 2.57. The van der Waals surface area contributed by atoms with Crippen LogP contribution in [0.4, 0.5) is 4.79 Å². The summed E-state index contributed by atoms with van der Waals surface area (Å²) >= 11 is 0. The zero-order valence-corrected chi connectivity index (χ0v) is 7.54. The lowest BCUT2D eigenvalue weighted by atomic mass is 10.0. The van der Waals surface area contributed by atoms with E-state index in [0.717, 1.165) is 0 Å².